The summed E-state index contributed by atoms with van der Waals surface area (Å²) >= 11 is 0. The number of rotatable bonds is 11. The van der Waals surface area contributed by atoms with Crippen molar-refractivity contribution in [2.24, 2.45) is 11.7 Å². The quantitative estimate of drug-likeness (QED) is 0.0492. The molecule has 0 amide bonds. The molecule has 3 aromatic carbocycles. The number of nitrogens with one attached hydrogen (secondary N) is 4. The van der Waals surface area contributed by atoms with Crippen LogP contribution in [0.4, 0.5) is 23.3 Å². The number of carboxylic acid groups (broad SMARTS) is 1. The third kappa shape index (κ3) is 15.1. The summed E-state index contributed by atoms with van der Waals surface area (Å²) in [5.74, 6) is -0.359. The fraction of sp³-hybridized carbons (Fsp3) is 0.182. The first kappa shape index (κ1) is 48.5. The molecule has 4 aromatic heterocycles. The number of ketones is 1. The molecule has 7 rings (SSSR count). The van der Waals surface area contributed by atoms with Gasteiger partial charge in [0.1, 0.15) is 0 Å². The van der Waals surface area contributed by atoms with Gasteiger partial charge in [-0.05, 0) is 70.0 Å². The zero-order valence-corrected chi connectivity index (χ0v) is 36.2. The van der Waals surface area contributed by atoms with E-state index < -0.39 is 16.1 Å². The number of aromatic nitrogens is 8. The van der Waals surface area contributed by atoms with Gasteiger partial charge in [-0.25, -0.2) is 24.7 Å². The molecule has 0 radical (unpaired) electrons. The molecule has 0 saturated carbocycles. The van der Waals surface area contributed by atoms with Crippen molar-refractivity contribution in [2.45, 2.75) is 52.0 Å². The molecule has 7 aromatic rings. The van der Waals surface area contributed by atoms with Crippen molar-refractivity contribution in [3.63, 3.8) is 0 Å². The molecule has 0 aliphatic heterocycles. The second-order valence-corrected chi connectivity index (χ2v) is 15.4. The molecule has 20 heteroatoms. The van der Waals surface area contributed by atoms with Crippen LogP contribution in [0.3, 0.4) is 0 Å². The van der Waals surface area contributed by atoms with E-state index in [0.29, 0.717) is 17.5 Å². The van der Waals surface area contributed by atoms with Crippen molar-refractivity contribution in [2.75, 3.05) is 10.6 Å². The molecule has 0 spiro atoms. The number of carboxylic acids is 1. The van der Waals surface area contributed by atoms with Crippen LogP contribution in [0.1, 0.15) is 57.7 Å². The number of anilines is 4. The Labute approximate surface area is 369 Å². The summed E-state index contributed by atoms with van der Waals surface area (Å²) < 4.78 is 29.6. The minimum atomic E-state index is -4.02. The largest absolute Gasteiger partial charge is 0.478 e. The summed E-state index contributed by atoms with van der Waals surface area (Å²) in [6, 6.07) is 23.4. The van der Waals surface area contributed by atoms with Gasteiger partial charge in [-0.3, -0.25) is 19.5 Å². The van der Waals surface area contributed by atoms with Crippen molar-refractivity contribution in [1.82, 2.24) is 40.3 Å². The molecule has 19 nitrogen and oxygen atoms in total. The number of Topliss-reactive ketones (excluding diaryl/α,β-unsaturated/α-hetero) is 1. The highest BCUT2D eigenvalue weighted by atomic mass is 32.2. The Kier molecular flexibility index (Phi) is 17.5. The minimum Gasteiger partial charge on any atom is -0.478 e. The third-order valence-electron chi connectivity index (χ3n) is 8.57. The van der Waals surface area contributed by atoms with Crippen LogP contribution in [0, 0.1) is 49.4 Å². The van der Waals surface area contributed by atoms with Gasteiger partial charge in [0.25, 0.3) is 10.1 Å². The maximum Gasteiger partial charge on any atom is 0.335 e. The number of aromatic carboxylic acids is 1. The molecule has 328 valence electrons. The fourth-order valence-electron chi connectivity index (χ4n) is 5.22. The fourth-order valence-corrected chi connectivity index (χ4v) is 5.70. The molecule has 0 aliphatic rings. The summed E-state index contributed by atoms with van der Waals surface area (Å²) in [6.45, 7) is 9.06. The molecule has 0 bridgehead atoms. The molecule has 0 unspecified atom stereocenters. The average Bonchev–Trinajstić information content (AvgIpc) is 4.01. The van der Waals surface area contributed by atoms with Crippen molar-refractivity contribution in [1.29, 1.82) is 10.5 Å². The van der Waals surface area contributed by atoms with Gasteiger partial charge in [-0.1, -0.05) is 54.1 Å². The highest BCUT2D eigenvalue weighted by Crippen LogP contribution is 2.25. The molecule has 0 fully saturated rings. The Hall–Kier alpha value is -8.17. The third-order valence-corrected chi connectivity index (χ3v) is 9.44. The van der Waals surface area contributed by atoms with Crippen LogP contribution in [0.5, 0.6) is 0 Å². The summed E-state index contributed by atoms with van der Waals surface area (Å²) in [6.07, 6.45) is 10.4. The molecule has 2 atom stereocenters. The highest BCUT2D eigenvalue weighted by Gasteiger charge is 2.13. The van der Waals surface area contributed by atoms with Crippen LogP contribution < -0.4 is 16.4 Å². The number of nitrogens with two attached hydrogens (primary N) is 1. The van der Waals surface area contributed by atoms with Crippen LogP contribution in [-0.4, -0.2) is 76.2 Å². The van der Waals surface area contributed by atoms with Crippen LogP contribution in [-0.2, 0) is 10.1 Å². The maximum atomic E-state index is 12.2. The first-order chi connectivity index (χ1) is 30.5. The Morgan fingerprint density at radius 2 is 1.16 bits per heavy atom. The Morgan fingerprint density at radius 3 is 1.52 bits per heavy atom. The van der Waals surface area contributed by atoms with Crippen LogP contribution in [0.25, 0.3) is 22.5 Å². The van der Waals surface area contributed by atoms with Crippen molar-refractivity contribution < 1.29 is 27.7 Å². The summed E-state index contributed by atoms with van der Waals surface area (Å²) in [4.78, 5) is 40.5. The number of carbonyl (C=O) groups excluding carboxylic acids is 1. The lowest BCUT2D eigenvalue weighted by molar-refractivity contribution is 0.0696. The standard InChI is InChI=1S/C19H18N6O.C15H13N5O2.C7H8O3S.C3H6N2/c1-12(8-20)7-17(26)14-3-5-15(6-4-14)18-13(2)9-21-19(25-18)24-16-10-22-23-11-16;1-9-6-16-15(19-12-7-17-18-8-12)20-13(9)10-2-4-11(5-3-10)14(21)22;1-6-2-4-7(5-3-6)11(8,9)10;1-3(5)2-4/h3-6,9-12H,7H2,1-2H3,(H,22,23)(H,21,24,25);2-8H,1H3,(H,17,18)(H,21,22)(H,16,19,20);2-5H,1H3,(H,8,9,10);3H,5H2,1H3/t12-;;;3-/m1..0/s1. The predicted molar refractivity (Wildman–Crippen MR) is 239 cm³/mol. The second kappa shape index (κ2) is 23.2. The second-order valence-electron chi connectivity index (χ2n) is 14.0. The predicted octanol–water partition coefficient (Wildman–Crippen LogP) is 7.37. The van der Waals surface area contributed by atoms with Gasteiger partial charge < -0.3 is 21.5 Å². The Balaban J connectivity index is 0.000000212. The number of nitriles is 2. The van der Waals surface area contributed by atoms with Gasteiger partial charge in [-0.2, -0.15) is 29.1 Å². The van der Waals surface area contributed by atoms with E-state index >= 15 is 0 Å². The summed E-state index contributed by atoms with van der Waals surface area (Å²) in [5.41, 5.74) is 13.4. The molecule has 4 heterocycles. The average molecular weight is 884 g/mol. The zero-order valence-electron chi connectivity index (χ0n) is 35.3. The number of nitrogens with zero attached hydrogens (tertiary/aromatic N) is 8. The van der Waals surface area contributed by atoms with Crippen LogP contribution in [0.15, 0.2) is 115 Å². The molecule has 64 heavy (non-hydrogen) atoms. The number of carbonyl (C=O) groups is 2. The van der Waals surface area contributed by atoms with Crippen molar-refractivity contribution >= 4 is 45.1 Å². The number of aryl methyl sites for hydroxylation is 3. The number of hydrogen-bond donors (Lipinski definition) is 7. The van der Waals surface area contributed by atoms with Crippen LogP contribution in [0.2, 0.25) is 0 Å². The lowest BCUT2D eigenvalue weighted by Crippen LogP contribution is -2.09. The van der Waals surface area contributed by atoms with E-state index in [4.69, 9.17) is 25.9 Å². The maximum absolute atomic E-state index is 12.2. The Morgan fingerprint density at radius 1 is 0.719 bits per heavy atom. The van der Waals surface area contributed by atoms with E-state index in [1.54, 1.807) is 106 Å². The smallest absolute Gasteiger partial charge is 0.335 e. The van der Waals surface area contributed by atoms with Gasteiger partial charge in [-0.15, -0.1) is 0 Å². The minimum absolute atomic E-state index is 0.0349. The molecule has 0 aliphatic carbocycles. The number of aromatic amines is 2. The van der Waals surface area contributed by atoms with Gasteiger partial charge in [0.2, 0.25) is 11.9 Å². The van der Waals surface area contributed by atoms with E-state index in [1.807, 2.05) is 32.9 Å². The topological polar surface area (TPSA) is 315 Å². The van der Waals surface area contributed by atoms with E-state index in [9.17, 15) is 18.0 Å². The Bertz CT molecular complexity index is 2800. The van der Waals surface area contributed by atoms with E-state index in [0.717, 1.165) is 50.6 Å². The summed E-state index contributed by atoms with van der Waals surface area (Å²) in [5, 5.41) is 44.8. The normalized spacial score (nSPS) is 11.3. The monoisotopic (exact) mass is 883 g/mol. The van der Waals surface area contributed by atoms with Crippen molar-refractivity contribution in [3.8, 4) is 34.7 Å². The first-order valence-corrected chi connectivity index (χ1v) is 20.7. The molecule has 0 saturated heterocycles. The lowest BCUT2D eigenvalue weighted by Gasteiger charge is -2.09. The molecular formula is C44H45N13O6S. The lowest BCUT2D eigenvalue weighted by atomic mass is 9.99. The van der Waals surface area contributed by atoms with E-state index in [-0.39, 0.29) is 34.6 Å². The van der Waals surface area contributed by atoms with Gasteiger partial charge >= 0.3 is 5.97 Å². The van der Waals surface area contributed by atoms with E-state index in [1.165, 1.54) is 12.1 Å². The van der Waals surface area contributed by atoms with Gasteiger partial charge in [0.05, 0.1) is 69.7 Å². The number of hydrogen-bond acceptors (Lipinski definition) is 15. The van der Waals surface area contributed by atoms with Crippen LogP contribution >= 0.6 is 0 Å². The molecule has 8 N–H and O–H groups in total. The summed E-state index contributed by atoms with van der Waals surface area (Å²) in [7, 11) is -4.02. The molecular weight excluding hydrogens is 839 g/mol. The zero-order chi connectivity index (χ0) is 46.8. The van der Waals surface area contributed by atoms with Gasteiger partial charge in [0.15, 0.2) is 5.78 Å². The number of H-pyrrole nitrogens is 2. The van der Waals surface area contributed by atoms with Gasteiger partial charge in [0, 0.05) is 47.9 Å². The van der Waals surface area contributed by atoms with E-state index in [2.05, 4.69) is 57.0 Å². The van der Waals surface area contributed by atoms with Crippen molar-refractivity contribution in [3.05, 3.63) is 138 Å². The highest BCUT2D eigenvalue weighted by molar-refractivity contribution is 7.85. The SMILES string of the molecule is C[C@H](N)C#N.Cc1ccc(S(=O)(=O)O)cc1.Cc1cnc(Nc2cn[nH]c2)nc1-c1ccc(C(=O)C[C@@H](C)C#N)cc1.Cc1cnc(Nc2cn[nH]c2)nc1-c1ccc(C(=O)O)cc1. The number of benzene rings is 3. The first-order valence-electron chi connectivity index (χ1n) is 19.2.